The molecule has 0 fully saturated rings. The highest BCUT2D eigenvalue weighted by Gasteiger charge is 2.00. The molecule has 0 spiro atoms. The van der Waals surface area contributed by atoms with Crippen LogP contribution in [0.2, 0.25) is 0 Å². The van der Waals surface area contributed by atoms with Gasteiger partial charge in [0.05, 0.1) is 12.7 Å². The summed E-state index contributed by atoms with van der Waals surface area (Å²) in [4.78, 5) is 0. The Morgan fingerprint density at radius 2 is 1.93 bits per heavy atom. The first-order chi connectivity index (χ1) is 7.36. The van der Waals surface area contributed by atoms with Crippen LogP contribution in [-0.4, -0.2) is 10.2 Å². The highest BCUT2D eigenvalue weighted by molar-refractivity contribution is 5.34. The van der Waals surface area contributed by atoms with Gasteiger partial charge >= 0.3 is 0 Å². The van der Waals surface area contributed by atoms with Gasteiger partial charge in [0.1, 0.15) is 0 Å². The van der Waals surface area contributed by atoms with Crippen molar-refractivity contribution >= 4 is 5.82 Å². The molecule has 0 aliphatic heterocycles. The van der Waals surface area contributed by atoms with Crippen LogP contribution in [0.15, 0.2) is 42.6 Å². The first kappa shape index (κ1) is 9.65. The van der Waals surface area contributed by atoms with E-state index < -0.39 is 0 Å². The normalized spacial score (nSPS) is 9.93. The quantitative estimate of drug-likeness (QED) is 0.758. The maximum atomic E-state index is 4.40. The van der Waals surface area contributed by atoms with E-state index in [1.165, 1.54) is 5.56 Å². The number of hydrogen-bond acceptors (Lipinski definition) is 2. The third kappa shape index (κ3) is 2.53. The van der Waals surface area contributed by atoms with Crippen LogP contribution < -0.4 is 5.32 Å². The Kier molecular flexibility index (Phi) is 2.93. The minimum atomic E-state index is 0.653. The van der Waals surface area contributed by atoms with Crippen LogP contribution in [0.3, 0.4) is 0 Å². The zero-order chi connectivity index (χ0) is 10.5. The monoisotopic (exact) mass is 198 g/mol. The molecule has 0 saturated heterocycles. The van der Waals surface area contributed by atoms with Gasteiger partial charge in [0, 0.05) is 0 Å². The van der Waals surface area contributed by atoms with Gasteiger partial charge in [0.2, 0.25) is 0 Å². The summed E-state index contributed by atoms with van der Waals surface area (Å²) in [5, 5.41) is 12.2. The predicted octanol–water partition coefficient (Wildman–Crippen LogP) is 2.22. The first-order valence-electron chi connectivity index (χ1n) is 4.86. The van der Waals surface area contributed by atoms with Crippen molar-refractivity contribution in [3.05, 3.63) is 53.7 Å². The van der Waals surface area contributed by atoms with Crippen molar-refractivity contribution in [2.24, 2.45) is 0 Å². The van der Waals surface area contributed by atoms with Gasteiger partial charge in [0.15, 0.2) is 5.82 Å². The number of nitrogens with zero attached hydrogens (tertiary/aromatic N) is 3. The van der Waals surface area contributed by atoms with Gasteiger partial charge in [-0.3, -0.25) is 5.32 Å². The fourth-order valence-electron chi connectivity index (χ4n) is 1.29. The molecule has 1 radical (unpaired) electrons. The lowest BCUT2D eigenvalue weighted by Gasteiger charge is -2.03. The average molecular weight is 198 g/mol. The van der Waals surface area contributed by atoms with E-state index in [1.807, 2.05) is 31.2 Å². The van der Waals surface area contributed by atoms with Crippen molar-refractivity contribution in [1.29, 1.82) is 0 Å². The zero-order valence-corrected chi connectivity index (χ0v) is 8.59. The van der Waals surface area contributed by atoms with Crippen LogP contribution in [-0.2, 0) is 6.54 Å². The molecule has 1 aromatic carbocycles. The molecule has 0 aliphatic rings. The Bertz CT molecular complexity index is 426. The van der Waals surface area contributed by atoms with Crippen molar-refractivity contribution in [3.63, 3.8) is 0 Å². The van der Waals surface area contributed by atoms with Gasteiger partial charge in [-0.1, -0.05) is 30.3 Å². The Labute approximate surface area is 89.2 Å². The van der Waals surface area contributed by atoms with Crippen LogP contribution >= 0.6 is 0 Å². The molecule has 3 nitrogen and oxygen atoms in total. The van der Waals surface area contributed by atoms with E-state index in [2.05, 4.69) is 27.6 Å². The second-order valence-electron chi connectivity index (χ2n) is 3.34. The van der Waals surface area contributed by atoms with Gasteiger partial charge in [-0.05, 0) is 24.1 Å². The summed E-state index contributed by atoms with van der Waals surface area (Å²) in [6.45, 7) is 2.64. The molecule has 2 rings (SSSR count). The van der Waals surface area contributed by atoms with Gasteiger partial charge in [-0.15, -0.1) is 5.10 Å². The minimum absolute atomic E-state index is 0.653. The topological polar surface area (TPSA) is 39.9 Å². The number of aromatic nitrogens is 2. The summed E-state index contributed by atoms with van der Waals surface area (Å²) in [6.07, 6.45) is 1.68. The van der Waals surface area contributed by atoms with E-state index in [0.29, 0.717) is 6.54 Å². The average Bonchev–Trinajstić information content (AvgIpc) is 2.29. The fraction of sp³-hybridized carbons (Fsp3) is 0.167. The number of rotatable bonds is 3. The van der Waals surface area contributed by atoms with Crippen LogP contribution in [0.5, 0.6) is 0 Å². The summed E-state index contributed by atoms with van der Waals surface area (Å²) >= 11 is 0. The second-order valence-corrected chi connectivity index (χ2v) is 3.34. The molecule has 2 aromatic rings. The van der Waals surface area contributed by atoms with Crippen molar-refractivity contribution in [3.8, 4) is 0 Å². The van der Waals surface area contributed by atoms with Gasteiger partial charge < -0.3 is 0 Å². The molecule has 0 saturated carbocycles. The SMILES string of the molecule is Cc1ccnnc1[N]Cc1ccccc1. The molecule has 0 unspecified atom stereocenters. The maximum absolute atomic E-state index is 4.40. The van der Waals surface area contributed by atoms with Crippen LogP contribution in [0.4, 0.5) is 5.82 Å². The second kappa shape index (κ2) is 4.55. The lowest BCUT2D eigenvalue weighted by molar-refractivity contribution is 0.805. The predicted molar refractivity (Wildman–Crippen MR) is 58.7 cm³/mol. The summed E-state index contributed by atoms with van der Waals surface area (Å²) in [7, 11) is 0. The van der Waals surface area contributed by atoms with E-state index in [1.54, 1.807) is 6.20 Å². The molecule has 0 N–H and O–H groups in total. The lowest BCUT2D eigenvalue weighted by atomic mass is 10.2. The van der Waals surface area contributed by atoms with Crippen LogP contribution in [0.1, 0.15) is 11.1 Å². The van der Waals surface area contributed by atoms with E-state index >= 15 is 0 Å². The molecule has 0 bridgehead atoms. The maximum Gasteiger partial charge on any atom is 0.173 e. The van der Waals surface area contributed by atoms with Crippen molar-refractivity contribution in [2.75, 3.05) is 0 Å². The number of aryl methyl sites for hydroxylation is 1. The highest BCUT2D eigenvalue weighted by Crippen LogP contribution is 2.09. The summed E-state index contributed by atoms with van der Waals surface area (Å²) < 4.78 is 0. The molecular formula is C12H12N3. The highest BCUT2D eigenvalue weighted by atomic mass is 15.2. The standard InChI is InChI=1S/C12H12N3/c1-10-7-8-14-15-12(10)13-9-11-5-3-2-4-6-11/h2-8H,9H2,1H3. The molecule has 15 heavy (non-hydrogen) atoms. The van der Waals surface area contributed by atoms with Crippen molar-refractivity contribution in [2.45, 2.75) is 13.5 Å². The molecule has 0 aliphatic carbocycles. The molecule has 0 atom stereocenters. The van der Waals surface area contributed by atoms with E-state index in [-0.39, 0.29) is 0 Å². The molecule has 3 heteroatoms. The third-order valence-electron chi connectivity index (χ3n) is 2.15. The Balaban J connectivity index is 2.03. The zero-order valence-electron chi connectivity index (χ0n) is 8.59. The fourth-order valence-corrected chi connectivity index (χ4v) is 1.29. The summed E-state index contributed by atoms with van der Waals surface area (Å²) in [5.41, 5.74) is 2.24. The summed E-state index contributed by atoms with van der Waals surface area (Å²) in [6, 6.07) is 12.0. The number of benzene rings is 1. The minimum Gasteiger partial charge on any atom is -0.260 e. The summed E-state index contributed by atoms with van der Waals surface area (Å²) in [5.74, 6) is 0.723. The van der Waals surface area contributed by atoms with E-state index in [4.69, 9.17) is 0 Å². The van der Waals surface area contributed by atoms with Gasteiger partial charge in [0.25, 0.3) is 0 Å². The smallest absolute Gasteiger partial charge is 0.173 e. The van der Waals surface area contributed by atoms with Gasteiger partial charge in [-0.25, -0.2) is 0 Å². The van der Waals surface area contributed by atoms with Crippen LogP contribution in [0, 0.1) is 6.92 Å². The van der Waals surface area contributed by atoms with E-state index in [0.717, 1.165) is 11.4 Å². The van der Waals surface area contributed by atoms with E-state index in [9.17, 15) is 0 Å². The van der Waals surface area contributed by atoms with Crippen molar-refractivity contribution in [1.82, 2.24) is 15.5 Å². The lowest BCUT2D eigenvalue weighted by Crippen LogP contribution is -2.02. The van der Waals surface area contributed by atoms with Crippen LogP contribution in [0.25, 0.3) is 0 Å². The molecule has 0 amide bonds. The van der Waals surface area contributed by atoms with Gasteiger partial charge in [-0.2, -0.15) is 5.10 Å². The third-order valence-corrected chi connectivity index (χ3v) is 2.15. The Hall–Kier alpha value is -1.90. The largest absolute Gasteiger partial charge is 0.260 e. The molecule has 1 heterocycles. The Morgan fingerprint density at radius 1 is 1.13 bits per heavy atom. The molecule has 1 aromatic heterocycles. The molecular weight excluding hydrogens is 186 g/mol. The molecule has 75 valence electrons. The Morgan fingerprint density at radius 3 is 2.67 bits per heavy atom. The first-order valence-corrected chi connectivity index (χ1v) is 4.86. The van der Waals surface area contributed by atoms with Crippen molar-refractivity contribution < 1.29 is 0 Å². The number of hydrogen-bond donors (Lipinski definition) is 0.